The summed E-state index contributed by atoms with van der Waals surface area (Å²) in [6, 6.07) is 6.45. The zero-order valence-electron chi connectivity index (χ0n) is 8.42. The Labute approximate surface area is 94.5 Å². The molecule has 6 heteroatoms. The van der Waals surface area contributed by atoms with Crippen LogP contribution in [0, 0.1) is 11.3 Å². The molecule has 2 rings (SSSR count). The van der Waals surface area contributed by atoms with Crippen LogP contribution in [0.1, 0.15) is 11.1 Å². The molecule has 1 aromatic heterocycles. The highest BCUT2D eigenvalue weighted by molar-refractivity contribution is 5.66. The third kappa shape index (κ3) is 2.13. The predicted molar refractivity (Wildman–Crippen MR) is 53.7 cm³/mol. The minimum Gasteiger partial charge on any atom is -0.276 e. The van der Waals surface area contributed by atoms with Crippen molar-refractivity contribution >= 4 is 0 Å². The van der Waals surface area contributed by atoms with Gasteiger partial charge in [0.15, 0.2) is 0 Å². The SMILES string of the molecule is N#Cc1cn[nH]c1-c1ccc(C(F)(F)F)cc1. The number of nitriles is 1. The average Bonchev–Trinajstić information content (AvgIpc) is 2.76. The fourth-order valence-electron chi connectivity index (χ4n) is 1.42. The van der Waals surface area contributed by atoms with E-state index >= 15 is 0 Å². The molecule has 1 heterocycles. The molecular formula is C11H6F3N3. The molecular weight excluding hydrogens is 231 g/mol. The van der Waals surface area contributed by atoms with Crippen LogP contribution in [0.25, 0.3) is 11.3 Å². The molecule has 0 unspecified atom stereocenters. The van der Waals surface area contributed by atoms with Crippen LogP contribution < -0.4 is 0 Å². The second-order valence-corrected chi connectivity index (χ2v) is 3.35. The van der Waals surface area contributed by atoms with Gasteiger partial charge in [-0.3, -0.25) is 5.10 Å². The van der Waals surface area contributed by atoms with Crippen molar-refractivity contribution in [1.82, 2.24) is 10.2 Å². The number of hydrogen-bond acceptors (Lipinski definition) is 2. The number of halogens is 3. The Kier molecular flexibility index (Phi) is 2.60. The lowest BCUT2D eigenvalue weighted by atomic mass is 10.1. The van der Waals surface area contributed by atoms with Crippen molar-refractivity contribution in [2.45, 2.75) is 6.18 Å². The largest absolute Gasteiger partial charge is 0.416 e. The van der Waals surface area contributed by atoms with Crippen LogP contribution in [-0.4, -0.2) is 10.2 Å². The third-order valence-electron chi connectivity index (χ3n) is 2.26. The summed E-state index contributed by atoms with van der Waals surface area (Å²) in [6.07, 6.45) is -3.03. The maximum absolute atomic E-state index is 12.3. The molecule has 0 aliphatic rings. The summed E-state index contributed by atoms with van der Waals surface area (Å²) in [7, 11) is 0. The number of aromatic amines is 1. The van der Waals surface area contributed by atoms with Gasteiger partial charge >= 0.3 is 6.18 Å². The van der Waals surface area contributed by atoms with Crippen molar-refractivity contribution in [1.29, 1.82) is 5.26 Å². The van der Waals surface area contributed by atoms with Crippen molar-refractivity contribution in [3.63, 3.8) is 0 Å². The minimum absolute atomic E-state index is 0.296. The zero-order valence-corrected chi connectivity index (χ0v) is 8.42. The van der Waals surface area contributed by atoms with E-state index in [4.69, 9.17) is 5.26 Å². The first kappa shape index (κ1) is 11.2. The van der Waals surface area contributed by atoms with Gasteiger partial charge in [-0.1, -0.05) is 12.1 Å². The molecule has 1 aromatic carbocycles. The van der Waals surface area contributed by atoms with Crippen LogP contribution in [0.3, 0.4) is 0 Å². The summed E-state index contributed by atoms with van der Waals surface area (Å²) in [4.78, 5) is 0. The number of nitrogens with zero attached hydrogens (tertiary/aromatic N) is 2. The van der Waals surface area contributed by atoms with Crippen LogP contribution >= 0.6 is 0 Å². The predicted octanol–water partition coefficient (Wildman–Crippen LogP) is 2.97. The number of hydrogen-bond donors (Lipinski definition) is 1. The number of H-pyrrole nitrogens is 1. The summed E-state index contributed by atoms with van der Waals surface area (Å²) in [5.74, 6) is 0. The van der Waals surface area contributed by atoms with E-state index in [0.717, 1.165) is 12.1 Å². The molecule has 0 aliphatic heterocycles. The van der Waals surface area contributed by atoms with Crippen LogP contribution in [0.15, 0.2) is 30.5 Å². The van der Waals surface area contributed by atoms with Gasteiger partial charge in [0.2, 0.25) is 0 Å². The molecule has 3 nitrogen and oxygen atoms in total. The molecule has 2 aromatic rings. The summed E-state index contributed by atoms with van der Waals surface area (Å²) < 4.78 is 37.0. The molecule has 0 saturated heterocycles. The van der Waals surface area contributed by atoms with Crippen molar-refractivity contribution < 1.29 is 13.2 Å². The lowest BCUT2D eigenvalue weighted by molar-refractivity contribution is -0.137. The molecule has 0 bridgehead atoms. The average molecular weight is 237 g/mol. The lowest BCUT2D eigenvalue weighted by Gasteiger charge is -2.06. The fraction of sp³-hybridized carbons (Fsp3) is 0.0909. The number of aromatic nitrogens is 2. The first-order chi connectivity index (χ1) is 8.02. The van der Waals surface area contributed by atoms with Crippen LogP contribution in [0.2, 0.25) is 0 Å². The highest BCUT2D eigenvalue weighted by Gasteiger charge is 2.30. The first-order valence-electron chi connectivity index (χ1n) is 4.63. The standard InChI is InChI=1S/C11H6F3N3/c12-11(13,14)9-3-1-7(2-4-9)10-8(5-15)6-16-17-10/h1-4,6H,(H,16,17). The number of nitrogens with one attached hydrogen (secondary N) is 1. The van der Waals surface area contributed by atoms with E-state index in [9.17, 15) is 13.2 Å². The highest BCUT2D eigenvalue weighted by atomic mass is 19.4. The topological polar surface area (TPSA) is 52.5 Å². The molecule has 0 spiro atoms. The number of benzene rings is 1. The summed E-state index contributed by atoms with van der Waals surface area (Å²) >= 11 is 0. The smallest absolute Gasteiger partial charge is 0.276 e. The van der Waals surface area contributed by atoms with E-state index < -0.39 is 11.7 Å². The van der Waals surface area contributed by atoms with Crippen molar-refractivity contribution in [3.05, 3.63) is 41.6 Å². The molecule has 86 valence electrons. The fourth-order valence-corrected chi connectivity index (χ4v) is 1.42. The summed E-state index contributed by atoms with van der Waals surface area (Å²) in [5, 5.41) is 15.0. The van der Waals surface area contributed by atoms with Gasteiger partial charge in [0.25, 0.3) is 0 Å². The maximum atomic E-state index is 12.3. The summed E-state index contributed by atoms with van der Waals surface area (Å²) in [5.41, 5.74) is 0.484. The molecule has 17 heavy (non-hydrogen) atoms. The Morgan fingerprint density at radius 2 is 1.82 bits per heavy atom. The molecule has 0 radical (unpaired) electrons. The van der Waals surface area contributed by atoms with Gasteiger partial charge in [-0.05, 0) is 12.1 Å². The van der Waals surface area contributed by atoms with E-state index in [1.165, 1.54) is 18.3 Å². The molecule has 0 atom stereocenters. The molecule has 0 amide bonds. The van der Waals surface area contributed by atoms with E-state index in [0.29, 0.717) is 16.8 Å². The van der Waals surface area contributed by atoms with E-state index in [2.05, 4.69) is 10.2 Å². The Balaban J connectivity index is 2.40. The lowest BCUT2D eigenvalue weighted by Crippen LogP contribution is -2.04. The maximum Gasteiger partial charge on any atom is 0.416 e. The number of alkyl halides is 3. The van der Waals surface area contributed by atoms with Crippen molar-refractivity contribution in [2.75, 3.05) is 0 Å². The zero-order chi connectivity index (χ0) is 12.5. The molecule has 0 saturated carbocycles. The summed E-state index contributed by atoms with van der Waals surface area (Å²) in [6.45, 7) is 0. The Morgan fingerprint density at radius 1 is 1.18 bits per heavy atom. The normalized spacial score (nSPS) is 11.2. The highest BCUT2D eigenvalue weighted by Crippen LogP contribution is 2.31. The number of rotatable bonds is 1. The van der Waals surface area contributed by atoms with E-state index in [1.807, 2.05) is 6.07 Å². The molecule has 0 aliphatic carbocycles. The van der Waals surface area contributed by atoms with Gasteiger partial charge < -0.3 is 0 Å². The Morgan fingerprint density at radius 3 is 2.35 bits per heavy atom. The monoisotopic (exact) mass is 237 g/mol. The van der Waals surface area contributed by atoms with Crippen LogP contribution in [-0.2, 0) is 6.18 Å². The Hall–Kier alpha value is -2.29. The van der Waals surface area contributed by atoms with Gasteiger partial charge in [0.05, 0.1) is 23.0 Å². The molecule has 1 N–H and O–H groups in total. The van der Waals surface area contributed by atoms with Gasteiger partial charge in [-0.2, -0.15) is 23.5 Å². The third-order valence-corrected chi connectivity index (χ3v) is 2.26. The van der Waals surface area contributed by atoms with Crippen molar-refractivity contribution in [2.24, 2.45) is 0 Å². The van der Waals surface area contributed by atoms with E-state index in [1.54, 1.807) is 0 Å². The van der Waals surface area contributed by atoms with Crippen molar-refractivity contribution in [3.8, 4) is 17.3 Å². The van der Waals surface area contributed by atoms with Gasteiger partial charge in [0, 0.05) is 5.56 Å². The van der Waals surface area contributed by atoms with Gasteiger partial charge in [0.1, 0.15) is 6.07 Å². The van der Waals surface area contributed by atoms with Crippen LogP contribution in [0.5, 0.6) is 0 Å². The Bertz CT molecular complexity index is 561. The first-order valence-corrected chi connectivity index (χ1v) is 4.63. The van der Waals surface area contributed by atoms with E-state index in [-0.39, 0.29) is 0 Å². The molecule has 0 fully saturated rings. The van der Waals surface area contributed by atoms with Gasteiger partial charge in [-0.25, -0.2) is 0 Å². The second-order valence-electron chi connectivity index (χ2n) is 3.35. The van der Waals surface area contributed by atoms with Gasteiger partial charge in [-0.15, -0.1) is 0 Å². The minimum atomic E-state index is -4.36. The quantitative estimate of drug-likeness (QED) is 0.828. The van der Waals surface area contributed by atoms with Crippen LogP contribution in [0.4, 0.5) is 13.2 Å². The second kappa shape index (κ2) is 3.94.